The fourth-order valence-electron chi connectivity index (χ4n) is 3.14. The fraction of sp³-hybridized carbons (Fsp3) is 0.562. The molecular formula is C16H21N5. The Morgan fingerprint density at radius 1 is 1.19 bits per heavy atom. The summed E-state index contributed by atoms with van der Waals surface area (Å²) in [7, 11) is 0. The minimum Gasteiger partial charge on any atom is -0.297 e. The number of pyridine rings is 1. The lowest BCUT2D eigenvalue weighted by Crippen LogP contribution is -2.34. The normalized spacial score (nSPS) is 23.3. The fourth-order valence-corrected chi connectivity index (χ4v) is 3.14. The van der Waals surface area contributed by atoms with E-state index in [2.05, 4.69) is 32.2 Å². The number of hydrogen-bond donors (Lipinski definition) is 1. The number of nitrogens with zero attached hydrogens (tertiary/aromatic N) is 4. The van der Waals surface area contributed by atoms with Crippen LogP contribution in [-0.2, 0) is 6.54 Å². The highest BCUT2D eigenvalue weighted by molar-refractivity contribution is 5.09. The largest absolute Gasteiger partial charge is 0.297 e. The molecule has 2 aromatic rings. The Hall–Kier alpha value is -1.75. The summed E-state index contributed by atoms with van der Waals surface area (Å²) < 4.78 is 0. The second kappa shape index (κ2) is 5.56. The zero-order chi connectivity index (χ0) is 14.1. The Morgan fingerprint density at radius 3 is 2.95 bits per heavy atom. The molecule has 0 aromatic carbocycles. The molecular weight excluding hydrogens is 262 g/mol. The van der Waals surface area contributed by atoms with Crippen LogP contribution in [0.4, 0.5) is 0 Å². The molecule has 1 aliphatic carbocycles. The number of piperidine rings is 1. The maximum atomic E-state index is 4.73. The third-order valence-electron chi connectivity index (χ3n) is 4.47. The van der Waals surface area contributed by atoms with Gasteiger partial charge in [-0.15, -0.1) is 0 Å². The standard InChI is InChI=1S/C16H21N5/c1-2-8-17-14(5-1)11-21-9-3-4-13(10-21)16-18-15(19-20-16)12-6-7-12/h1-2,5,8,12-13H,3-4,6-7,9-11H2,(H,18,19,20). The Kier molecular flexibility index (Phi) is 3.43. The van der Waals surface area contributed by atoms with Gasteiger partial charge in [-0.05, 0) is 44.4 Å². The number of rotatable bonds is 4. The Morgan fingerprint density at radius 2 is 2.14 bits per heavy atom. The third kappa shape index (κ3) is 2.97. The summed E-state index contributed by atoms with van der Waals surface area (Å²) in [6, 6.07) is 6.12. The molecule has 1 atom stereocenters. The lowest BCUT2D eigenvalue weighted by Gasteiger charge is -2.31. The predicted molar refractivity (Wildman–Crippen MR) is 79.8 cm³/mol. The highest BCUT2D eigenvalue weighted by Crippen LogP contribution is 2.38. The van der Waals surface area contributed by atoms with Gasteiger partial charge < -0.3 is 0 Å². The lowest BCUT2D eigenvalue weighted by molar-refractivity contribution is 0.194. The second-order valence-electron chi connectivity index (χ2n) is 6.25. The van der Waals surface area contributed by atoms with Gasteiger partial charge in [0.05, 0.1) is 5.69 Å². The van der Waals surface area contributed by atoms with Gasteiger partial charge in [0, 0.05) is 31.1 Å². The van der Waals surface area contributed by atoms with E-state index in [-0.39, 0.29) is 0 Å². The van der Waals surface area contributed by atoms with Crippen molar-refractivity contribution in [3.8, 4) is 0 Å². The van der Waals surface area contributed by atoms with Gasteiger partial charge in [0.15, 0.2) is 5.82 Å². The van der Waals surface area contributed by atoms with E-state index in [1.165, 1.54) is 25.7 Å². The molecule has 21 heavy (non-hydrogen) atoms. The molecule has 2 fully saturated rings. The minimum atomic E-state index is 0.464. The van der Waals surface area contributed by atoms with Gasteiger partial charge in [0.1, 0.15) is 5.82 Å². The average Bonchev–Trinajstić information content (AvgIpc) is 3.26. The van der Waals surface area contributed by atoms with Crippen LogP contribution in [0, 0.1) is 0 Å². The molecule has 0 bridgehead atoms. The van der Waals surface area contributed by atoms with Crippen molar-refractivity contribution in [2.75, 3.05) is 13.1 Å². The summed E-state index contributed by atoms with van der Waals surface area (Å²) in [5.74, 6) is 3.24. The number of aromatic nitrogens is 4. The van der Waals surface area contributed by atoms with Crippen LogP contribution in [0.5, 0.6) is 0 Å². The highest BCUT2D eigenvalue weighted by Gasteiger charge is 2.30. The van der Waals surface area contributed by atoms with Gasteiger partial charge >= 0.3 is 0 Å². The van der Waals surface area contributed by atoms with E-state index in [0.717, 1.165) is 37.0 Å². The number of nitrogens with one attached hydrogen (secondary N) is 1. The van der Waals surface area contributed by atoms with Crippen molar-refractivity contribution in [1.82, 2.24) is 25.1 Å². The molecule has 110 valence electrons. The average molecular weight is 283 g/mol. The molecule has 1 aliphatic heterocycles. The number of aromatic amines is 1. The smallest absolute Gasteiger partial charge is 0.155 e. The monoisotopic (exact) mass is 283 g/mol. The Balaban J connectivity index is 1.42. The first-order valence-electron chi connectivity index (χ1n) is 7.93. The van der Waals surface area contributed by atoms with Crippen LogP contribution in [0.1, 0.15) is 54.9 Å². The van der Waals surface area contributed by atoms with Crippen molar-refractivity contribution in [1.29, 1.82) is 0 Å². The summed E-state index contributed by atoms with van der Waals surface area (Å²) in [5.41, 5.74) is 1.15. The summed E-state index contributed by atoms with van der Waals surface area (Å²) >= 11 is 0. The maximum Gasteiger partial charge on any atom is 0.155 e. The zero-order valence-electron chi connectivity index (χ0n) is 12.2. The van der Waals surface area contributed by atoms with Crippen molar-refractivity contribution in [2.24, 2.45) is 0 Å². The molecule has 1 unspecified atom stereocenters. The van der Waals surface area contributed by atoms with Crippen molar-refractivity contribution in [3.63, 3.8) is 0 Å². The van der Waals surface area contributed by atoms with Crippen LogP contribution in [0.15, 0.2) is 24.4 Å². The predicted octanol–water partition coefficient (Wildman–Crippen LogP) is 2.46. The molecule has 4 rings (SSSR count). The second-order valence-corrected chi connectivity index (χ2v) is 6.25. The van der Waals surface area contributed by atoms with Crippen molar-refractivity contribution >= 4 is 0 Å². The van der Waals surface area contributed by atoms with E-state index >= 15 is 0 Å². The SMILES string of the molecule is c1ccc(CN2CCCC(c3n[nH]c(C4CC4)n3)C2)nc1. The summed E-state index contributed by atoms with van der Waals surface area (Å²) in [6.45, 7) is 3.11. The quantitative estimate of drug-likeness (QED) is 0.936. The van der Waals surface area contributed by atoms with E-state index in [1.807, 2.05) is 12.3 Å². The molecule has 0 spiro atoms. The lowest BCUT2D eigenvalue weighted by atomic mass is 9.97. The van der Waals surface area contributed by atoms with Crippen LogP contribution in [0.2, 0.25) is 0 Å². The van der Waals surface area contributed by atoms with Crippen molar-refractivity contribution in [3.05, 3.63) is 41.7 Å². The molecule has 2 aromatic heterocycles. The van der Waals surface area contributed by atoms with Crippen LogP contribution in [0.3, 0.4) is 0 Å². The molecule has 5 heteroatoms. The third-order valence-corrected chi connectivity index (χ3v) is 4.47. The van der Waals surface area contributed by atoms with E-state index < -0.39 is 0 Å². The highest BCUT2D eigenvalue weighted by atomic mass is 15.2. The first kappa shape index (κ1) is 13.0. The zero-order valence-corrected chi connectivity index (χ0v) is 12.2. The maximum absolute atomic E-state index is 4.73. The Bertz CT molecular complexity index is 590. The molecule has 3 heterocycles. The van der Waals surface area contributed by atoms with Crippen LogP contribution in [-0.4, -0.2) is 38.2 Å². The molecule has 1 saturated carbocycles. The number of hydrogen-bond acceptors (Lipinski definition) is 4. The summed E-state index contributed by atoms with van der Waals surface area (Å²) in [5, 5.41) is 7.60. The van der Waals surface area contributed by atoms with Gasteiger partial charge in [-0.25, -0.2) is 4.98 Å². The molecule has 2 aliphatic rings. The van der Waals surface area contributed by atoms with E-state index in [4.69, 9.17) is 4.98 Å². The van der Waals surface area contributed by atoms with Gasteiger partial charge in [-0.3, -0.25) is 15.0 Å². The van der Waals surface area contributed by atoms with E-state index in [0.29, 0.717) is 11.8 Å². The van der Waals surface area contributed by atoms with Gasteiger partial charge in [-0.1, -0.05) is 6.07 Å². The minimum absolute atomic E-state index is 0.464. The molecule has 0 radical (unpaired) electrons. The molecule has 1 N–H and O–H groups in total. The van der Waals surface area contributed by atoms with Crippen molar-refractivity contribution in [2.45, 2.75) is 44.1 Å². The van der Waals surface area contributed by atoms with Crippen LogP contribution in [0.25, 0.3) is 0 Å². The summed E-state index contributed by atoms with van der Waals surface area (Å²) in [6.07, 6.45) is 6.82. The first-order valence-corrected chi connectivity index (χ1v) is 7.93. The van der Waals surface area contributed by atoms with E-state index in [1.54, 1.807) is 0 Å². The van der Waals surface area contributed by atoms with E-state index in [9.17, 15) is 0 Å². The molecule has 5 nitrogen and oxygen atoms in total. The summed E-state index contributed by atoms with van der Waals surface area (Å²) in [4.78, 5) is 11.6. The van der Waals surface area contributed by atoms with Gasteiger partial charge in [0.2, 0.25) is 0 Å². The molecule has 0 amide bonds. The van der Waals surface area contributed by atoms with Crippen LogP contribution < -0.4 is 0 Å². The van der Waals surface area contributed by atoms with Crippen LogP contribution >= 0.6 is 0 Å². The number of likely N-dealkylation sites (tertiary alicyclic amines) is 1. The Labute approximate surface area is 124 Å². The first-order chi connectivity index (χ1) is 10.4. The molecule has 1 saturated heterocycles. The topological polar surface area (TPSA) is 57.7 Å². The van der Waals surface area contributed by atoms with Gasteiger partial charge in [0.25, 0.3) is 0 Å². The van der Waals surface area contributed by atoms with Crippen molar-refractivity contribution < 1.29 is 0 Å². The number of H-pyrrole nitrogens is 1. The van der Waals surface area contributed by atoms with Gasteiger partial charge in [-0.2, -0.15) is 5.10 Å².